The first-order valence-corrected chi connectivity index (χ1v) is 6.70. The van der Waals surface area contributed by atoms with Crippen molar-refractivity contribution in [3.8, 4) is 0 Å². The van der Waals surface area contributed by atoms with Crippen LogP contribution in [0.5, 0.6) is 0 Å². The van der Waals surface area contributed by atoms with Crippen LogP contribution in [0.1, 0.15) is 5.56 Å². The van der Waals surface area contributed by atoms with Crippen LogP contribution in [0.15, 0.2) is 47.5 Å². The van der Waals surface area contributed by atoms with Crippen molar-refractivity contribution in [3.05, 3.63) is 48.0 Å². The molecule has 0 saturated carbocycles. The van der Waals surface area contributed by atoms with Crippen LogP contribution in [0.4, 0.5) is 4.79 Å². The third-order valence-electron chi connectivity index (χ3n) is 2.96. The number of nitrogens with zero attached hydrogens (tertiary/aromatic N) is 1. The fraction of sp³-hybridized carbons (Fsp3) is 0.200. The van der Waals surface area contributed by atoms with Crippen LogP contribution in [0.3, 0.4) is 0 Å². The van der Waals surface area contributed by atoms with Gasteiger partial charge in [0.15, 0.2) is 5.96 Å². The molecule has 6 nitrogen and oxygen atoms in total. The monoisotopic (exact) mass is 285 g/mol. The molecule has 6 heteroatoms. The molecule has 0 fully saturated rings. The Balaban J connectivity index is 1.81. The minimum absolute atomic E-state index is 0.0216. The van der Waals surface area contributed by atoms with Gasteiger partial charge < -0.3 is 22.1 Å². The van der Waals surface area contributed by atoms with Crippen LogP contribution in [0.2, 0.25) is 0 Å². The average Bonchev–Trinajstić information content (AvgIpc) is 2.49. The van der Waals surface area contributed by atoms with E-state index in [4.69, 9.17) is 11.5 Å². The zero-order chi connectivity index (χ0) is 15.1. The Morgan fingerprint density at radius 2 is 1.81 bits per heavy atom. The van der Waals surface area contributed by atoms with Crippen LogP contribution in [0.25, 0.3) is 10.8 Å². The van der Waals surface area contributed by atoms with Crippen LogP contribution in [-0.2, 0) is 6.54 Å². The van der Waals surface area contributed by atoms with Crippen molar-refractivity contribution < 1.29 is 4.79 Å². The number of urea groups is 1. The predicted molar refractivity (Wildman–Crippen MR) is 84.9 cm³/mol. The van der Waals surface area contributed by atoms with Gasteiger partial charge in [-0.1, -0.05) is 36.4 Å². The summed E-state index contributed by atoms with van der Waals surface area (Å²) in [7, 11) is 0. The summed E-state index contributed by atoms with van der Waals surface area (Å²) >= 11 is 0. The summed E-state index contributed by atoms with van der Waals surface area (Å²) in [5.41, 5.74) is 11.4. The summed E-state index contributed by atoms with van der Waals surface area (Å²) in [5.74, 6) is 0.0216. The molecule has 0 saturated heterocycles. The van der Waals surface area contributed by atoms with E-state index in [1.165, 1.54) is 5.39 Å². The van der Waals surface area contributed by atoms with Crippen molar-refractivity contribution in [2.24, 2.45) is 16.5 Å². The number of rotatable bonds is 5. The van der Waals surface area contributed by atoms with E-state index in [2.05, 4.69) is 27.8 Å². The Morgan fingerprint density at radius 3 is 2.57 bits per heavy atom. The minimum Gasteiger partial charge on any atom is -0.370 e. The Bertz CT molecular complexity index is 649. The molecule has 0 radical (unpaired) electrons. The molecule has 6 N–H and O–H groups in total. The average molecular weight is 285 g/mol. The van der Waals surface area contributed by atoms with E-state index in [1.807, 2.05) is 30.3 Å². The SMILES string of the molecule is NC(N)=NCCNC(=O)NCc1ccc2ccccc2c1. The minimum atomic E-state index is -0.242. The third kappa shape index (κ3) is 4.68. The number of carbonyl (C=O) groups is 1. The molecular formula is C15H19N5O. The molecule has 0 aliphatic carbocycles. The van der Waals surface area contributed by atoms with Crippen molar-refractivity contribution in [1.82, 2.24) is 10.6 Å². The Morgan fingerprint density at radius 1 is 1.05 bits per heavy atom. The molecule has 0 aromatic heterocycles. The molecule has 2 aromatic carbocycles. The van der Waals surface area contributed by atoms with Gasteiger partial charge in [-0.15, -0.1) is 0 Å². The lowest BCUT2D eigenvalue weighted by atomic mass is 10.1. The molecule has 0 spiro atoms. The second kappa shape index (κ2) is 7.14. The standard InChI is InChI=1S/C15H19N5O/c16-14(17)18-7-8-19-15(21)20-10-11-5-6-12-3-1-2-4-13(12)9-11/h1-6,9H,7-8,10H2,(H4,16,17,18)(H2,19,20,21). The first-order valence-electron chi connectivity index (χ1n) is 6.70. The van der Waals surface area contributed by atoms with Gasteiger partial charge in [0, 0.05) is 13.1 Å². The highest BCUT2D eigenvalue weighted by Gasteiger charge is 2.00. The van der Waals surface area contributed by atoms with Gasteiger partial charge in [0.2, 0.25) is 0 Å². The summed E-state index contributed by atoms with van der Waals surface area (Å²) in [4.78, 5) is 15.4. The fourth-order valence-corrected chi connectivity index (χ4v) is 1.95. The number of amides is 2. The molecule has 0 unspecified atom stereocenters. The van der Waals surface area contributed by atoms with Gasteiger partial charge in [-0.25, -0.2) is 4.79 Å². The number of aliphatic imine (C=N–C) groups is 1. The van der Waals surface area contributed by atoms with Crippen LogP contribution in [-0.4, -0.2) is 25.1 Å². The molecule has 0 bridgehead atoms. The summed E-state index contributed by atoms with van der Waals surface area (Å²) in [5, 5.41) is 7.81. The summed E-state index contributed by atoms with van der Waals surface area (Å²) in [6.45, 7) is 1.23. The van der Waals surface area contributed by atoms with Crippen molar-refractivity contribution in [1.29, 1.82) is 0 Å². The van der Waals surface area contributed by atoms with E-state index in [0.717, 1.165) is 10.9 Å². The normalized spacial score (nSPS) is 10.1. The maximum Gasteiger partial charge on any atom is 0.315 e. The van der Waals surface area contributed by atoms with E-state index in [0.29, 0.717) is 19.6 Å². The first-order chi connectivity index (χ1) is 10.1. The predicted octanol–water partition coefficient (Wildman–Crippen LogP) is 0.912. The van der Waals surface area contributed by atoms with E-state index in [-0.39, 0.29) is 12.0 Å². The van der Waals surface area contributed by atoms with E-state index in [1.54, 1.807) is 0 Å². The molecule has 0 heterocycles. The Kier molecular flexibility index (Phi) is 4.98. The quantitative estimate of drug-likeness (QED) is 0.373. The Labute approximate surface area is 123 Å². The molecule has 0 aliphatic rings. The molecular weight excluding hydrogens is 266 g/mol. The van der Waals surface area contributed by atoms with E-state index >= 15 is 0 Å². The smallest absolute Gasteiger partial charge is 0.315 e. The third-order valence-corrected chi connectivity index (χ3v) is 2.96. The van der Waals surface area contributed by atoms with Gasteiger partial charge in [-0.2, -0.15) is 0 Å². The van der Waals surface area contributed by atoms with E-state index in [9.17, 15) is 4.79 Å². The van der Waals surface area contributed by atoms with Crippen LogP contribution >= 0.6 is 0 Å². The zero-order valence-corrected chi connectivity index (χ0v) is 11.7. The second-order valence-corrected chi connectivity index (χ2v) is 4.60. The van der Waals surface area contributed by atoms with Gasteiger partial charge in [0.05, 0.1) is 6.54 Å². The maximum atomic E-state index is 11.6. The van der Waals surface area contributed by atoms with E-state index < -0.39 is 0 Å². The van der Waals surface area contributed by atoms with Gasteiger partial charge in [-0.05, 0) is 22.4 Å². The highest BCUT2D eigenvalue weighted by atomic mass is 16.2. The topological polar surface area (TPSA) is 106 Å². The number of hydrogen-bond donors (Lipinski definition) is 4. The van der Waals surface area contributed by atoms with Gasteiger partial charge in [0.25, 0.3) is 0 Å². The molecule has 110 valence electrons. The largest absolute Gasteiger partial charge is 0.370 e. The molecule has 0 atom stereocenters. The Hall–Kier alpha value is -2.76. The van der Waals surface area contributed by atoms with Crippen molar-refractivity contribution in [2.75, 3.05) is 13.1 Å². The lowest BCUT2D eigenvalue weighted by molar-refractivity contribution is 0.241. The number of guanidine groups is 1. The second-order valence-electron chi connectivity index (χ2n) is 4.60. The van der Waals surface area contributed by atoms with Gasteiger partial charge >= 0.3 is 6.03 Å². The molecule has 2 amide bonds. The number of nitrogens with one attached hydrogen (secondary N) is 2. The van der Waals surface area contributed by atoms with Crippen LogP contribution in [0, 0.1) is 0 Å². The lowest BCUT2D eigenvalue weighted by Crippen LogP contribution is -2.36. The molecule has 21 heavy (non-hydrogen) atoms. The molecule has 2 aromatic rings. The van der Waals surface area contributed by atoms with Gasteiger partial charge in [0.1, 0.15) is 0 Å². The van der Waals surface area contributed by atoms with Crippen molar-refractivity contribution >= 4 is 22.8 Å². The highest BCUT2D eigenvalue weighted by Crippen LogP contribution is 2.15. The zero-order valence-electron chi connectivity index (χ0n) is 11.7. The summed E-state index contributed by atoms with van der Waals surface area (Å²) < 4.78 is 0. The molecule has 0 aliphatic heterocycles. The summed E-state index contributed by atoms with van der Waals surface area (Å²) in [6.07, 6.45) is 0. The fourth-order valence-electron chi connectivity index (χ4n) is 1.95. The number of nitrogens with two attached hydrogens (primary N) is 2. The van der Waals surface area contributed by atoms with Gasteiger partial charge in [-0.3, -0.25) is 4.99 Å². The molecule has 2 rings (SSSR count). The first kappa shape index (κ1) is 14.6. The van der Waals surface area contributed by atoms with Crippen LogP contribution < -0.4 is 22.1 Å². The summed E-state index contributed by atoms with van der Waals surface area (Å²) in [6, 6.07) is 14.0. The van der Waals surface area contributed by atoms with Crippen molar-refractivity contribution in [2.45, 2.75) is 6.54 Å². The highest BCUT2D eigenvalue weighted by molar-refractivity contribution is 5.83. The number of benzene rings is 2. The maximum absolute atomic E-state index is 11.6. The number of fused-ring (bicyclic) bond motifs is 1. The number of hydrogen-bond acceptors (Lipinski definition) is 2. The lowest BCUT2D eigenvalue weighted by Gasteiger charge is -2.07. The van der Waals surface area contributed by atoms with Crippen molar-refractivity contribution in [3.63, 3.8) is 0 Å². The number of carbonyl (C=O) groups excluding carboxylic acids is 1.